The van der Waals surface area contributed by atoms with Gasteiger partial charge in [-0.25, -0.2) is 4.39 Å². The lowest BCUT2D eigenvalue weighted by atomic mass is 10.2. The van der Waals surface area contributed by atoms with Crippen LogP contribution >= 0.6 is 0 Å². The lowest BCUT2D eigenvalue weighted by molar-refractivity contribution is -0.119. The molecule has 0 saturated carbocycles. The molecule has 1 aliphatic heterocycles. The Bertz CT molecular complexity index is 448. The summed E-state index contributed by atoms with van der Waals surface area (Å²) in [6.45, 7) is 2.08. The molecule has 1 atom stereocenters. The van der Waals surface area contributed by atoms with Crippen LogP contribution in [0.25, 0.3) is 0 Å². The Morgan fingerprint density at radius 1 is 1.63 bits per heavy atom. The van der Waals surface area contributed by atoms with Crippen molar-refractivity contribution >= 4 is 11.6 Å². The monoisotopic (exact) mass is 268 g/mol. The molecule has 2 N–H and O–H groups in total. The van der Waals surface area contributed by atoms with Crippen molar-refractivity contribution < 1.29 is 18.7 Å². The van der Waals surface area contributed by atoms with Crippen LogP contribution in [-0.4, -0.2) is 38.8 Å². The fraction of sp³-hybridized carbons (Fsp3) is 0.462. The summed E-state index contributed by atoms with van der Waals surface area (Å²) in [6.07, 6.45) is 0.133. The minimum absolute atomic E-state index is 0.125. The molecule has 1 aromatic rings. The Hall–Kier alpha value is -1.66. The van der Waals surface area contributed by atoms with Crippen LogP contribution in [0.1, 0.15) is 6.42 Å². The van der Waals surface area contributed by atoms with E-state index in [-0.39, 0.29) is 18.4 Å². The van der Waals surface area contributed by atoms with Gasteiger partial charge < -0.3 is 20.1 Å². The van der Waals surface area contributed by atoms with Crippen molar-refractivity contribution in [2.24, 2.45) is 0 Å². The van der Waals surface area contributed by atoms with Gasteiger partial charge in [-0.15, -0.1) is 0 Å². The molecule has 104 valence electrons. The van der Waals surface area contributed by atoms with E-state index in [0.29, 0.717) is 24.6 Å². The molecule has 6 heteroatoms. The van der Waals surface area contributed by atoms with E-state index in [1.807, 2.05) is 0 Å². The molecule has 0 aliphatic carbocycles. The number of hydrogen-bond donors (Lipinski definition) is 2. The zero-order valence-electron chi connectivity index (χ0n) is 10.7. The number of morpholine rings is 1. The average molecular weight is 268 g/mol. The fourth-order valence-electron chi connectivity index (χ4n) is 1.93. The first kappa shape index (κ1) is 13.8. The molecule has 0 bridgehead atoms. The molecule has 1 aromatic carbocycles. The Morgan fingerprint density at radius 3 is 3.16 bits per heavy atom. The topological polar surface area (TPSA) is 59.6 Å². The van der Waals surface area contributed by atoms with Crippen LogP contribution < -0.4 is 15.4 Å². The molecule has 1 fully saturated rings. The summed E-state index contributed by atoms with van der Waals surface area (Å²) in [5.74, 6) is -0.288. The summed E-state index contributed by atoms with van der Waals surface area (Å²) in [7, 11) is 1.43. The standard InChI is InChI=1S/C13H17FN2O3/c1-18-12-6-9(14)2-3-11(12)16-13(17)7-10-8-15-4-5-19-10/h2-3,6,10,15H,4-5,7-8H2,1H3,(H,16,17). The average Bonchev–Trinajstić information content (AvgIpc) is 2.42. The first-order valence-electron chi connectivity index (χ1n) is 6.15. The molecule has 5 nitrogen and oxygen atoms in total. The molecule has 0 spiro atoms. The van der Waals surface area contributed by atoms with Gasteiger partial charge in [0.25, 0.3) is 0 Å². The van der Waals surface area contributed by atoms with Crippen molar-refractivity contribution in [1.82, 2.24) is 5.32 Å². The van der Waals surface area contributed by atoms with Gasteiger partial charge in [-0.3, -0.25) is 4.79 Å². The van der Waals surface area contributed by atoms with Crippen LogP contribution in [0.4, 0.5) is 10.1 Å². The Kier molecular flexibility index (Phi) is 4.70. The highest BCUT2D eigenvalue weighted by Crippen LogP contribution is 2.25. The maximum absolute atomic E-state index is 13.0. The molecule has 19 heavy (non-hydrogen) atoms. The van der Waals surface area contributed by atoms with Crippen molar-refractivity contribution in [2.75, 3.05) is 32.1 Å². The summed E-state index contributed by atoms with van der Waals surface area (Å²) < 4.78 is 23.5. The highest BCUT2D eigenvalue weighted by molar-refractivity contribution is 5.92. The molecule has 2 rings (SSSR count). The molecular formula is C13H17FN2O3. The van der Waals surface area contributed by atoms with Crippen molar-refractivity contribution in [1.29, 1.82) is 0 Å². The Morgan fingerprint density at radius 2 is 2.47 bits per heavy atom. The molecule has 0 radical (unpaired) electrons. The normalized spacial score (nSPS) is 18.9. The van der Waals surface area contributed by atoms with Gasteiger partial charge in [0.15, 0.2) is 0 Å². The number of benzene rings is 1. The van der Waals surface area contributed by atoms with E-state index < -0.39 is 5.82 Å². The van der Waals surface area contributed by atoms with E-state index in [0.717, 1.165) is 6.54 Å². The third kappa shape index (κ3) is 3.90. The van der Waals surface area contributed by atoms with Gasteiger partial charge in [0.1, 0.15) is 11.6 Å². The maximum atomic E-state index is 13.0. The molecule has 1 amide bonds. The number of nitrogens with one attached hydrogen (secondary N) is 2. The van der Waals surface area contributed by atoms with Crippen molar-refractivity contribution in [3.8, 4) is 5.75 Å². The number of rotatable bonds is 4. The quantitative estimate of drug-likeness (QED) is 0.860. The molecule has 1 heterocycles. The van der Waals surface area contributed by atoms with Crippen LogP contribution in [0, 0.1) is 5.82 Å². The summed E-state index contributed by atoms with van der Waals surface area (Å²) in [5.41, 5.74) is 0.456. The third-order valence-electron chi connectivity index (χ3n) is 2.86. The predicted molar refractivity (Wildman–Crippen MR) is 68.8 cm³/mol. The van der Waals surface area contributed by atoms with Crippen molar-refractivity contribution in [3.05, 3.63) is 24.0 Å². The summed E-state index contributed by atoms with van der Waals surface area (Å²) in [4.78, 5) is 11.9. The van der Waals surface area contributed by atoms with E-state index in [4.69, 9.17) is 9.47 Å². The van der Waals surface area contributed by atoms with Gasteiger partial charge in [-0.2, -0.15) is 0 Å². The number of amides is 1. The SMILES string of the molecule is COc1cc(F)ccc1NC(=O)CC1CNCCO1. The zero-order valence-corrected chi connectivity index (χ0v) is 10.7. The second kappa shape index (κ2) is 6.49. The number of halogens is 1. The number of carbonyl (C=O) groups is 1. The number of carbonyl (C=O) groups excluding carboxylic acids is 1. The van der Waals surface area contributed by atoms with Crippen LogP contribution in [0.15, 0.2) is 18.2 Å². The van der Waals surface area contributed by atoms with Crippen molar-refractivity contribution in [3.63, 3.8) is 0 Å². The third-order valence-corrected chi connectivity index (χ3v) is 2.86. The second-order valence-corrected chi connectivity index (χ2v) is 4.29. The summed E-state index contributed by atoms with van der Waals surface area (Å²) >= 11 is 0. The molecule has 1 saturated heterocycles. The number of ether oxygens (including phenoxy) is 2. The van der Waals surface area contributed by atoms with E-state index in [1.54, 1.807) is 0 Å². The first-order chi connectivity index (χ1) is 9.19. The lowest BCUT2D eigenvalue weighted by Gasteiger charge is -2.23. The van der Waals surface area contributed by atoms with Gasteiger partial charge in [-0.1, -0.05) is 0 Å². The largest absolute Gasteiger partial charge is 0.494 e. The van der Waals surface area contributed by atoms with Crippen LogP contribution in [0.2, 0.25) is 0 Å². The number of methoxy groups -OCH3 is 1. The van der Waals surface area contributed by atoms with Gasteiger partial charge in [0, 0.05) is 19.2 Å². The van der Waals surface area contributed by atoms with Crippen molar-refractivity contribution in [2.45, 2.75) is 12.5 Å². The first-order valence-corrected chi connectivity index (χ1v) is 6.15. The van der Waals surface area contributed by atoms with Gasteiger partial charge in [0.05, 0.1) is 31.9 Å². The highest BCUT2D eigenvalue weighted by atomic mass is 19.1. The highest BCUT2D eigenvalue weighted by Gasteiger charge is 2.18. The minimum Gasteiger partial charge on any atom is -0.494 e. The van der Waals surface area contributed by atoms with E-state index in [1.165, 1.54) is 25.3 Å². The summed E-state index contributed by atoms with van der Waals surface area (Å²) in [5, 5.41) is 5.85. The van der Waals surface area contributed by atoms with E-state index in [9.17, 15) is 9.18 Å². The molecule has 1 unspecified atom stereocenters. The van der Waals surface area contributed by atoms with Crippen LogP contribution in [0.5, 0.6) is 5.75 Å². The van der Waals surface area contributed by atoms with Crippen LogP contribution in [0.3, 0.4) is 0 Å². The fourth-order valence-corrected chi connectivity index (χ4v) is 1.93. The maximum Gasteiger partial charge on any atom is 0.227 e. The predicted octanol–water partition coefficient (Wildman–Crippen LogP) is 1.15. The van der Waals surface area contributed by atoms with Gasteiger partial charge in [-0.05, 0) is 12.1 Å². The smallest absolute Gasteiger partial charge is 0.227 e. The summed E-state index contributed by atoms with van der Waals surface area (Å²) in [6, 6.07) is 3.98. The number of anilines is 1. The molecule has 0 aromatic heterocycles. The molecular weight excluding hydrogens is 251 g/mol. The van der Waals surface area contributed by atoms with E-state index in [2.05, 4.69) is 10.6 Å². The van der Waals surface area contributed by atoms with E-state index >= 15 is 0 Å². The lowest BCUT2D eigenvalue weighted by Crippen LogP contribution is -2.40. The van der Waals surface area contributed by atoms with Crippen LogP contribution in [-0.2, 0) is 9.53 Å². The number of hydrogen-bond acceptors (Lipinski definition) is 4. The van der Waals surface area contributed by atoms with Gasteiger partial charge in [0.2, 0.25) is 5.91 Å². The minimum atomic E-state index is -0.408. The van der Waals surface area contributed by atoms with Gasteiger partial charge >= 0.3 is 0 Å². The molecule has 1 aliphatic rings. The Balaban J connectivity index is 1.94. The second-order valence-electron chi connectivity index (χ2n) is 4.29. The Labute approximate surface area is 111 Å². The zero-order chi connectivity index (χ0) is 13.7.